The SMILES string of the molecule is CC(C[SH](=O)=O)N1C[CH]CCC1. The van der Waals surface area contributed by atoms with Gasteiger partial charge in [0.15, 0.2) is 0 Å². The van der Waals surface area contributed by atoms with Gasteiger partial charge in [0.25, 0.3) is 0 Å². The Hall–Kier alpha value is -0.0900. The molecule has 1 radical (unpaired) electrons. The van der Waals surface area contributed by atoms with E-state index in [9.17, 15) is 8.42 Å². The van der Waals surface area contributed by atoms with Gasteiger partial charge < -0.3 is 0 Å². The lowest BCUT2D eigenvalue weighted by atomic mass is 10.1. The van der Waals surface area contributed by atoms with Crippen molar-refractivity contribution >= 4 is 10.7 Å². The molecule has 4 heteroatoms. The lowest BCUT2D eigenvalue weighted by molar-refractivity contribution is 0.215. The molecule has 1 saturated heterocycles. The number of hydrogen-bond donors (Lipinski definition) is 1. The molecule has 1 atom stereocenters. The fourth-order valence-electron chi connectivity index (χ4n) is 1.52. The highest BCUT2D eigenvalue weighted by atomic mass is 32.2. The van der Waals surface area contributed by atoms with Gasteiger partial charge in [-0.1, -0.05) is 0 Å². The van der Waals surface area contributed by atoms with E-state index in [1.54, 1.807) is 0 Å². The summed E-state index contributed by atoms with van der Waals surface area (Å²) in [7, 11) is -2.22. The second-order valence-electron chi connectivity index (χ2n) is 3.29. The van der Waals surface area contributed by atoms with Crippen LogP contribution in [0.2, 0.25) is 0 Å². The van der Waals surface area contributed by atoms with Crippen LogP contribution in [0.3, 0.4) is 0 Å². The standard InChI is InChI=1S/C8H16NO2S/c1-8(7-12(10)11)9-5-3-2-4-6-9/h3,8,12H,2,4-7H2,1H3. The average Bonchev–Trinajstić information content (AvgIpc) is 2.05. The molecule has 0 aromatic heterocycles. The minimum atomic E-state index is -2.22. The van der Waals surface area contributed by atoms with Crippen LogP contribution < -0.4 is 0 Å². The summed E-state index contributed by atoms with van der Waals surface area (Å²) in [5.41, 5.74) is 0. The quantitative estimate of drug-likeness (QED) is 0.650. The first kappa shape index (κ1) is 9.99. The van der Waals surface area contributed by atoms with Gasteiger partial charge in [0.2, 0.25) is 0 Å². The van der Waals surface area contributed by atoms with E-state index in [1.165, 1.54) is 12.8 Å². The normalized spacial score (nSPS) is 22.8. The van der Waals surface area contributed by atoms with E-state index in [0.29, 0.717) is 5.75 Å². The lowest BCUT2D eigenvalue weighted by Crippen LogP contribution is -2.39. The van der Waals surface area contributed by atoms with Crippen LogP contribution in [0.1, 0.15) is 19.8 Å². The van der Waals surface area contributed by atoms with Crippen LogP contribution in [-0.2, 0) is 10.7 Å². The van der Waals surface area contributed by atoms with Gasteiger partial charge in [0.1, 0.15) is 10.7 Å². The Kier molecular flexibility index (Phi) is 4.01. The molecule has 12 heavy (non-hydrogen) atoms. The van der Waals surface area contributed by atoms with Gasteiger partial charge in [-0.25, -0.2) is 8.42 Å². The zero-order valence-electron chi connectivity index (χ0n) is 7.40. The van der Waals surface area contributed by atoms with Gasteiger partial charge in [-0.05, 0) is 32.7 Å². The van der Waals surface area contributed by atoms with E-state index in [0.717, 1.165) is 13.1 Å². The Labute approximate surface area is 75.7 Å². The van der Waals surface area contributed by atoms with Gasteiger partial charge in [-0.15, -0.1) is 0 Å². The molecule has 1 rings (SSSR count). The summed E-state index contributed by atoms with van der Waals surface area (Å²) in [6.07, 6.45) is 4.56. The van der Waals surface area contributed by atoms with Gasteiger partial charge in [0.05, 0.1) is 5.75 Å². The number of likely N-dealkylation sites (tertiary alicyclic amines) is 1. The number of nitrogens with zero attached hydrogens (tertiary/aromatic N) is 1. The van der Waals surface area contributed by atoms with E-state index < -0.39 is 10.7 Å². The molecule has 0 bridgehead atoms. The fourth-order valence-corrected chi connectivity index (χ4v) is 2.18. The maximum absolute atomic E-state index is 10.5. The van der Waals surface area contributed by atoms with Crippen LogP contribution in [0.25, 0.3) is 0 Å². The fraction of sp³-hybridized carbons (Fsp3) is 0.875. The van der Waals surface area contributed by atoms with E-state index in [1.807, 2.05) is 6.92 Å². The minimum absolute atomic E-state index is 0.183. The highest BCUT2D eigenvalue weighted by Gasteiger charge is 2.16. The number of hydrogen-bond acceptors (Lipinski definition) is 3. The predicted molar refractivity (Wildman–Crippen MR) is 49.8 cm³/mol. The van der Waals surface area contributed by atoms with Crippen LogP contribution >= 0.6 is 0 Å². The van der Waals surface area contributed by atoms with Crippen LogP contribution in [0.15, 0.2) is 0 Å². The highest BCUT2D eigenvalue weighted by Crippen LogP contribution is 2.10. The molecular weight excluding hydrogens is 174 g/mol. The smallest absolute Gasteiger partial charge is 0.141 e. The Balaban J connectivity index is 2.34. The summed E-state index contributed by atoms with van der Waals surface area (Å²) >= 11 is 0. The summed E-state index contributed by atoms with van der Waals surface area (Å²) in [5, 5.41) is 0. The first-order chi connectivity index (χ1) is 5.70. The highest BCUT2D eigenvalue weighted by molar-refractivity contribution is 7.72. The summed E-state index contributed by atoms with van der Waals surface area (Å²) in [4.78, 5) is 2.22. The Bertz CT molecular complexity index is 189. The maximum atomic E-state index is 10.5. The van der Waals surface area contributed by atoms with Crippen LogP contribution in [-0.4, -0.2) is 38.2 Å². The van der Waals surface area contributed by atoms with Crippen LogP contribution in [0.4, 0.5) is 0 Å². The summed E-state index contributed by atoms with van der Waals surface area (Å²) in [5.74, 6) is 0.295. The molecule has 0 amide bonds. The van der Waals surface area contributed by atoms with Gasteiger partial charge in [-0.3, -0.25) is 4.90 Å². The third kappa shape index (κ3) is 3.11. The molecule has 1 aliphatic heterocycles. The van der Waals surface area contributed by atoms with Crippen molar-refractivity contribution in [2.45, 2.75) is 25.8 Å². The summed E-state index contributed by atoms with van der Waals surface area (Å²) < 4.78 is 20.9. The molecule has 3 nitrogen and oxygen atoms in total. The molecule has 1 unspecified atom stereocenters. The van der Waals surface area contributed by atoms with Crippen molar-refractivity contribution in [2.24, 2.45) is 0 Å². The Morgan fingerprint density at radius 1 is 1.58 bits per heavy atom. The van der Waals surface area contributed by atoms with E-state index >= 15 is 0 Å². The Morgan fingerprint density at radius 3 is 2.83 bits per heavy atom. The third-order valence-electron chi connectivity index (χ3n) is 2.25. The minimum Gasteiger partial charge on any atom is -0.299 e. The van der Waals surface area contributed by atoms with Crippen molar-refractivity contribution in [1.82, 2.24) is 4.90 Å². The van der Waals surface area contributed by atoms with Crippen molar-refractivity contribution in [3.05, 3.63) is 6.42 Å². The maximum Gasteiger partial charge on any atom is 0.141 e. The number of thiol groups is 1. The molecule has 0 aromatic rings. The molecule has 1 heterocycles. The zero-order valence-corrected chi connectivity index (χ0v) is 8.30. The van der Waals surface area contributed by atoms with Crippen molar-refractivity contribution in [3.8, 4) is 0 Å². The van der Waals surface area contributed by atoms with Crippen LogP contribution in [0.5, 0.6) is 0 Å². The second-order valence-corrected chi connectivity index (χ2v) is 4.32. The third-order valence-corrected chi connectivity index (χ3v) is 3.08. The zero-order chi connectivity index (χ0) is 8.97. The molecule has 0 N–H and O–H groups in total. The van der Waals surface area contributed by atoms with Crippen molar-refractivity contribution < 1.29 is 8.42 Å². The molecule has 0 saturated carbocycles. The number of piperidine rings is 1. The lowest BCUT2D eigenvalue weighted by Gasteiger charge is -2.30. The first-order valence-corrected chi connectivity index (χ1v) is 5.74. The van der Waals surface area contributed by atoms with Crippen molar-refractivity contribution in [3.63, 3.8) is 0 Å². The second kappa shape index (κ2) is 4.82. The van der Waals surface area contributed by atoms with Gasteiger partial charge >= 0.3 is 0 Å². The van der Waals surface area contributed by atoms with Crippen molar-refractivity contribution in [1.29, 1.82) is 0 Å². The first-order valence-electron chi connectivity index (χ1n) is 4.37. The van der Waals surface area contributed by atoms with Crippen molar-refractivity contribution in [2.75, 3.05) is 18.8 Å². The average molecular weight is 190 g/mol. The summed E-state index contributed by atoms with van der Waals surface area (Å²) in [6, 6.07) is 0.183. The summed E-state index contributed by atoms with van der Waals surface area (Å²) in [6.45, 7) is 3.97. The van der Waals surface area contributed by atoms with Gasteiger partial charge in [-0.2, -0.15) is 0 Å². The van der Waals surface area contributed by atoms with E-state index in [4.69, 9.17) is 0 Å². The monoisotopic (exact) mass is 190 g/mol. The van der Waals surface area contributed by atoms with Gasteiger partial charge in [0, 0.05) is 12.6 Å². The molecule has 71 valence electrons. The van der Waals surface area contributed by atoms with E-state index in [2.05, 4.69) is 11.3 Å². The molecule has 0 aliphatic carbocycles. The molecule has 0 aromatic carbocycles. The van der Waals surface area contributed by atoms with E-state index in [-0.39, 0.29) is 6.04 Å². The van der Waals surface area contributed by atoms with Crippen LogP contribution in [0, 0.1) is 6.42 Å². The Morgan fingerprint density at radius 2 is 2.33 bits per heavy atom. The molecule has 1 fully saturated rings. The topological polar surface area (TPSA) is 37.4 Å². The molecular formula is C8H16NO2S. The molecule has 1 aliphatic rings. The number of rotatable bonds is 3. The predicted octanol–water partition coefficient (Wildman–Crippen LogP) is 0.286. The molecule has 0 spiro atoms. The largest absolute Gasteiger partial charge is 0.299 e.